The van der Waals surface area contributed by atoms with E-state index in [-0.39, 0.29) is 5.78 Å². The van der Waals surface area contributed by atoms with Crippen LogP contribution >= 0.6 is 11.3 Å². The van der Waals surface area contributed by atoms with Crippen LogP contribution in [0.2, 0.25) is 0 Å². The summed E-state index contributed by atoms with van der Waals surface area (Å²) in [6, 6.07) is 3.58. The molecule has 0 radical (unpaired) electrons. The van der Waals surface area contributed by atoms with Crippen molar-refractivity contribution in [2.75, 3.05) is 0 Å². The zero-order valence-corrected chi connectivity index (χ0v) is 9.34. The Labute approximate surface area is 91.8 Å². The number of ketones is 1. The lowest BCUT2D eigenvalue weighted by molar-refractivity contribution is 0.103. The molecule has 3 nitrogen and oxygen atoms in total. The van der Waals surface area contributed by atoms with E-state index in [2.05, 4.69) is 9.97 Å². The van der Waals surface area contributed by atoms with Crippen molar-refractivity contribution in [1.82, 2.24) is 9.97 Å². The average Bonchev–Trinajstić information content (AvgIpc) is 2.63. The van der Waals surface area contributed by atoms with Crippen LogP contribution < -0.4 is 0 Å². The third-order valence-electron chi connectivity index (χ3n) is 2.08. The van der Waals surface area contributed by atoms with E-state index in [4.69, 9.17) is 0 Å². The van der Waals surface area contributed by atoms with Crippen molar-refractivity contribution in [2.24, 2.45) is 0 Å². The number of thiophene rings is 1. The minimum Gasteiger partial charge on any atom is -0.286 e. The van der Waals surface area contributed by atoms with E-state index in [0.717, 1.165) is 10.4 Å². The number of nitrogens with zero attached hydrogens (tertiary/aromatic N) is 2. The molecule has 15 heavy (non-hydrogen) atoms. The summed E-state index contributed by atoms with van der Waals surface area (Å²) >= 11 is 1.45. The molecule has 0 amide bonds. The smallest absolute Gasteiger partial charge is 0.221 e. The van der Waals surface area contributed by atoms with Crippen molar-refractivity contribution in [3.8, 4) is 0 Å². The molecule has 0 N–H and O–H groups in total. The minimum atomic E-state index is -0.0204. The summed E-state index contributed by atoms with van der Waals surface area (Å²) < 4.78 is 0. The number of rotatable bonds is 2. The Bertz CT molecular complexity index is 505. The molecule has 0 saturated carbocycles. The summed E-state index contributed by atoms with van der Waals surface area (Å²) in [5.41, 5.74) is 1.47. The fraction of sp³-hybridized carbons (Fsp3) is 0.182. The molecule has 76 valence electrons. The molecule has 0 fully saturated rings. The van der Waals surface area contributed by atoms with Gasteiger partial charge in [-0.05, 0) is 36.9 Å². The molecule has 2 rings (SSSR count). The van der Waals surface area contributed by atoms with E-state index < -0.39 is 0 Å². The highest BCUT2D eigenvalue weighted by atomic mass is 32.1. The van der Waals surface area contributed by atoms with Gasteiger partial charge in [0, 0.05) is 6.20 Å². The van der Waals surface area contributed by atoms with E-state index in [1.165, 1.54) is 11.3 Å². The van der Waals surface area contributed by atoms with Gasteiger partial charge in [-0.25, -0.2) is 9.97 Å². The highest BCUT2D eigenvalue weighted by Gasteiger charge is 2.14. The molecular weight excluding hydrogens is 208 g/mol. The molecule has 0 aromatic carbocycles. The maximum atomic E-state index is 12.0. The molecule has 4 heteroatoms. The maximum absolute atomic E-state index is 12.0. The zero-order valence-electron chi connectivity index (χ0n) is 8.52. The van der Waals surface area contributed by atoms with Crippen LogP contribution in [0.5, 0.6) is 0 Å². The number of carbonyl (C=O) groups is 1. The second kappa shape index (κ2) is 3.90. The van der Waals surface area contributed by atoms with E-state index in [1.54, 1.807) is 19.2 Å². The first-order chi connectivity index (χ1) is 7.18. The van der Waals surface area contributed by atoms with Crippen LogP contribution in [0.25, 0.3) is 0 Å². The zero-order chi connectivity index (χ0) is 10.8. The fourth-order valence-electron chi connectivity index (χ4n) is 1.30. The summed E-state index contributed by atoms with van der Waals surface area (Å²) in [7, 11) is 0. The quantitative estimate of drug-likeness (QED) is 0.727. The molecule has 0 saturated heterocycles. The van der Waals surface area contributed by atoms with Gasteiger partial charge in [0.2, 0.25) is 5.78 Å². The molecule has 0 aliphatic carbocycles. The van der Waals surface area contributed by atoms with Crippen LogP contribution in [0, 0.1) is 13.8 Å². The number of carbonyl (C=O) groups excluding carboxylic acids is 1. The SMILES string of the molecule is Cc1nccc(C(=O)c2sccc2C)n1. The molecule has 0 aliphatic heterocycles. The third kappa shape index (κ3) is 1.94. The topological polar surface area (TPSA) is 42.9 Å². The van der Waals surface area contributed by atoms with Crippen molar-refractivity contribution in [1.29, 1.82) is 0 Å². The van der Waals surface area contributed by atoms with Gasteiger partial charge in [-0.3, -0.25) is 4.79 Å². The molecule has 2 aromatic heterocycles. The van der Waals surface area contributed by atoms with Gasteiger partial charge in [0.05, 0.1) is 4.88 Å². The Balaban J connectivity index is 2.41. The summed E-state index contributed by atoms with van der Waals surface area (Å²) in [6.07, 6.45) is 1.61. The summed E-state index contributed by atoms with van der Waals surface area (Å²) in [4.78, 5) is 20.8. The molecule has 0 unspecified atom stereocenters. The Kier molecular flexibility index (Phi) is 2.60. The van der Waals surface area contributed by atoms with Crippen LogP contribution in [-0.2, 0) is 0 Å². The van der Waals surface area contributed by atoms with Crippen LogP contribution in [0.4, 0.5) is 0 Å². The first-order valence-electron chi connectivity index (χ1n) is 4.57. The van der Waals surface area contributed by atoms with Gasteiger partial charge in [0.15, 0.2) is 0 Å². The van der Waals surface area contributed by atoms with Crippen LogP contribution in [-0.4, -0.2) is 15.8 Å². The monoisotopic (exact) mass is 218 g/mol. The van der Waals surface area contributed by atoms with E-state index in [1.807, 2.05) is 18.4 Å². The lowest BCUT2D eigenvalue weighted by Gasteiger charge is -1.99. The van der Waals surface area contributed by atoms with E-state index >= 15 is 0 Å². The summed E-state index contributed by atoms with van der Waals surface area (Å²) in [6.45, 7) is 3.70. The second-order valence-electron chi connectivity index (χ2n) is 3.25. The van der Waals surface area contributed by atoms with Crippen LogP contribution in [0.15, 0.2) is 23.7 Å². The predicted molar refractivity (Wildman–Crippen MR) is 59.3 cm³/mol. The van der Waals surface area contributed by atoms with Gasteiger partial charge in [-0.2, -0.15) is 0 Å². The van der Waals surface area contributed by atoms with Crippen molar-refractivity contribution < 1.29 is 4.79 Å². The van der Waals surface area contributed by atoms with Gasteiger partial charge in [0.25, 0.3) is 0 Å². The van der Waals surface area contributed by atoms with Gasteiger partial charge in [-0.15, -0.1) is 11.3 Å². The minimum absolute atomic E-state index is 0.0204. The first-order valence-corrected chi connectivity index (χ1v) is 5.45. The largest absolute Gasteiger partial charge is 0.286 e. The second-order valence-corrected chi connectivity index (χ2v) is 4.17. The molecule has 0 aliphatic rings. The third-order valence-corrected chi connectivity index (χ3v) is 3.09. The number of hydrogen-bond acceptors (Lipinski definition) is 4. The molecule has 0 atom stereocenters. The Morgan fingerprint density at radius 1 is 1.33 bits per heavy atom. The van der Waals surface area contributed by atoms with Crippen molar-refractivity contribution in [3.63, 3.8) is 0 Å². The first kappa shape index (κ1) is 9.98. The number of aryl methyl sites for hydroxylation is 2. The van der Waals surface area contributed by atoms with E-state index in [9.17, 15) is 4.79 Å². The van der Waals surface area contributed by atoms with Crippen molar-refractivity contribution in [3.05, 3.63) is 45.7 Å². The van der Waals surface area contributed by atoms with Crippen molar-refractivity contribution >= 4 is 17.1 Å². The highest BCUT2D eigenvalue weighted by Crippen LogP contribution is 2.18. The average molecular weight is 218 g/mol. The maximum Gasteiger partial charge on any atom is 0.221 e. The molecule has 0 spiro atoms. The molecule has 0 bridgehead atoms. The standard InChI is InChI=1S/C11H10N2OS/c1-7-4-6-15-11(7)10(14)9-3-5-12-8(2)13-9/h3-6H,1-2H3. The summed E-state index contributed by atoms with van der Waals surface area (Å²) in [5, 5.41) is 1.91. The lowest BCUT2D eigenvalue weighted by atomic mass is 10.2. The Hall–Kier alpha value is -1.55. The Morgan fingerprint density at radius 2 is 2.13 bits per heavy atom. The molecular formula is C11H10N2OS. The van der Waals surface area contributed by atoms with Gasteiger partial charge in [0.1, 0.15) is 11.5 Å². The number of hydrogen-bond donors (Lipinski definition) is 0. The van der Waals surface area contributed by atoms with Gasteiger partial charge >= 0.3 is 0 Å². The van der Waals surface area contributed by atoms with Crippen LogP contribution in [0.1, 0.15) is 26.8 Å². The van der Waals surface area contributed by atoms with E-state index in [0.29, 0.717) is 11.5 Å². The van der Waals surface area contributed by atoms with Crippen LogP contribution in [0.3, 0.4) is 0 Å². The normalized spacial score (nSPS) is 10.3. The van der Waals surface area contributed by atoms with Crippen molar-refractivity contribution in [2.45, 2.75) is 13.8 Å². The Morgan fingerprint density at radius 3 is 2.73 bits per heavy atom. The highest BCUT2D eigenvalue weighted by molar-refractivity contribution is 7.12. The van der Waals surface area contributed by atoms with Gasteiger partial charge in [-0.1, -0.05) is 0 Å². The predicted octanol–water partition coefficient (Wildman–Crippen LogP) is 2.39. The summed E-state index contributed by atoms with van der Waals surface area (Å²) in [5.74, 6) is 0.600. The molecule has 2 heterocycles. The lowest BCUT2D eigenvalue weighted by Crippen LogP contribution is -2.05. The fourth-order valence-corrected chi connectivity index (χ4v) is 2.18. The number of aromatic nitrogens is 2. The van der Waals surface area contributed by atoms with Gasteiger partial charge < -0.3 is 0 Å². The molecule has 2 aromatic rings.